The van der Waals surface area contributed by atoms with E-state index in [0.29, 0.717) is 12.8 Å². The lowest BCUT2D eigenvalue weighted by atomic mass is 9.72. The monoisotopic (exact) mass is 237 g/mol. The van der Waals surface area contributed by atoms with Gasteiger partial charge in [-0.15, -0.1) is 0 Å². The van der Waals surface area contributed by atoms with Crippen LogP contribution in [0.4, 0.5) is 0 Å². The van der Waals surface area contributed by atoms with Gasteiger partial charge in [0.05, 0.1) is 6.07 Å². The fourth-order valence-corrected chi connectivity index (χ4v) is 2.17. The quantitative estimate of drug-likeness (QED) is 0.712. The highest BCUT2D eigenvalue weighted by molar-refractivity contribution is 6.04. The highest BCUT2D eigenvalue weighted by Crippen LogP contribution is 2.36. The minimum atomic E-state index is -1.12. The van der Waals surface area contributed by atoms with E-state index in [1.807, 2.05) is 6.07 Å². The van der Waals surface area contributed by atoms with E-state index in [-0.39, 0.29) is 0 Å². The zero-order valence-corrected chi connectivity index (χ0v) is 10.4. The Bertz CT molecular complexity index is 362. The summed E-state index contributed by atoms with van der Waals surface area (Å²) in [5.74, 6) is -0.986. The van der Waals surface area contributed by atoms with E-state index in [9.17, 15) is 9.59 Å². The second-order valence-electron chi connectivity index (χ2n) is 5.20. The molecule has 94 valence electrons. The van der Waals surface area contributed by atoms with E-state index in [2.05, 4.69) is 5.32 Å². The van der Waals surface area contributed by atoms with Gasteiger partial charge in [-0.1, -0.05) is 19.3 Å². The van der Waals surface area contributed by atoms with Gasteiger partial charge >= 0.3 is 0 Å². The molecule has 5 heteroatoms. The van der Waals surface area contributed by atoms with Crippen LogP contribution in [-0.4, -0.2) is 17.4 Å². The summed E-state index contributed by atoms with van der Waals surface area (Å²) in [7, 11) is 0. The second-order valence-corrected chi connectivity index (χ2v) is 5.20. The molecule has 0 bridgehead atoms. The Hall–Kier alpha value is -1.57. The van der Waals surface area contributed by atoms with Gasteiger partial charge in [-0.25, -0.2) is 0 Å². The summed E-state index contributed by atoms with van der Waals surface area (Å²) in [4.78, 5) is 23.7. The van der Waals surface area contributed by atoms with Crippen molar-refractivity contribution in [2.45, 2.75) is 51.5 Å². The van der Waals surface area contributed by atoms with Gasteiger partial charge in [0.1, 0.15) is 11.0 Å². The summed E-state index contributed by atoms with van der Waals surface area (Å²) in [6, 6.07) is 1.98. The Morgan fingerprint density at radius 1 is 1.29 bits per heavy atom. The predicted octanol–water partition coefficient (Wildman–Crippen LogP) is 0.841. The summed E-state index contributed by atoms with van der Waals surface area (Å²) in [5.41, 5.74) is 3.29. The van der Waals surface area contributed by atoms with E-state index in [0.717, 1.165) is 19.3 Å². The van der Waals surface area contributed by atoms with Gasteiger partial charge in [0.15, 0.2) is 0 Å². The maximum atomic E-state index is 12.2. The molecule has 0 unspecified atom stereocenters. The van der Waals surface area contributed by atoms with Crippen molar-refractivity contribution < 1.29 is 9.59 Å². The van der Waals surface area contributed by atoms with Crippen molar-refractivity contribution in [3.63, 3.8) is 0 Å². The predicted molar refractivity (Wildman–Crippen MR) is 62.5 cm³/mol. The third-order valence-electron chi connectivity index (χ3n) is 3.32. The molecular weight excluding hydrogens is 218 g/mol. The first-order chi connectivity index (χ1) is 7.84. The molecule has 1 aliphatic carbocycles. The number of primary amides is 1. The first-order valence-corrected chi connectivity index (χ1v) is 5.88. The third kappa shape index (κ3) is 2.76. The number of rotatable bonds is 3. The van der Waals surface area contributed by atoms with Crippen LogP contribution in [0.25, 0.3) is 0 Å². The molecule has 0 aliphatic heterocycles. The topological polar surface area (TPSA) is 96.0 Å². The van der Waals surface area contributed by atoms with Crippen molar-refractivity contribution in [3.05, 3.63) is 0 Å². The molecule has 1 aliphatic rings. The van der Waals surface area contributed by atoms with Crippen LogP contribution in [0.3, 0.4) is 0 Å². The molecule has 0 aromatic heterocycles. The van der Waals surface area contributed by atoms with Crippen molar-refractivity contribution in [1.29, 1.82) is 5.26 Å². The summed E-state index contributed by atoms with van der Waals surface area (Å²) >= 11 is 0. The lowest BCUT2D eigenvalue weighted by Crippen LogP contribution is -2.55. The van der Waals surface area contributed by atoms with E-state index >= 15 is 0 Å². The normalized spacial score (nSPS) is 19.1. The van der Waals surface area contributed by atoms with Gasteiger partial charge < -0.3 is 11.1 Å². The van der Waals surface area contributed by atoms with Crippen molar-refractivity contribution in [2.75, 3.05) is 0 Å². The van der Waals surface area contributed by atoms with Gasteiger partial charge in [-0.2, -0.15) is 5.26 Å². The average molecular weight is 237 g/mol. The molecule has 0 aromatic rings. The van der Waals surface area contributed by atoms with Gasteiger partial charge in [0, 0.05) is 0 Å². The molecule has 0 spiro atoms. The van der Waals surface area contributed by atoms with Crippen molar-refractivity contribution in [3.8, 4) is 6.07 Å². The minimum Gasteiger partial charge on any atom is -0.369 e. The summed E-state index contributed by atoms with van der Waals surface area (Å²) in [5, 5.41) is 11.5. The largest absolute Gasteiger partial charge is 0.369 e. The summed E-state index contributed by atoms with van der Waals surface area (Å²) in [6.07, 6.45) is 3.63. The van der Waals surface area contributed by atoms with Crippen LogP contribution in [-0.2, 0) is 9.59 Å². The Morgan fingerprint density at radius 3 is 2.24 bits per heavy atom. The van der Waals surface area contributed by atoms with E-state index in [1.54, 1.807) is 13.8 Å². The SMILES string of the molecule is CC(C)(C#N)NC(=O)C1(C(N)=O)CCCCC1. The minimum absolute atomic E-state index is 0.406. The molecule has 3 N–H and O–H groups in total. The van der Waals surface area contributed by atoms with E-state index < -0.39 is 22.8 Å². The van der Waals surface area contributed by atoms with Gasteiger partial charge in [-0.3, -0.25) is 9.59 Å². The van der Waals surface area contributed by atoms with Crippen LogP contribution < -0.4 is 11.1 Å². The molecule has 5 nitrogen and oxygen atoms in total. The summed E-state index contributed by atoms with van der Waals surface area (Å²) in [6.45, 7) is 3.20. The first-order valence-electron chi connectivity index (χ1n) is 5.88. The highest BCUT2D eigenvalue weighted by Gasteiger charge is 2.46. The van der Waals surface area contributed by atoms with Crippen LogP contribution in [0.1, 0.15) is 46.0 Å². The van der Waals surface area contributed by atoms with E-state index in [1.165, 1.54) is 0 Å². The molecule has 1 rings (SSSR count). The number of carbonyl (C=O) groups excluding carboxylic acids is 2. The van der Waals surface area contributed by atoms with Crippen molar-refractivity contribution in [1.82, 2.24) is 5.32 Å². The number of amides is 2. The molecule has 0 atom stereocenters. The first kappa shape index (κ1) is 13.5. The molecule has 0 saturated heterocycles. The highest BCUT2D eigenvalue weighted by atomic mass is 16.2. The van der Waals surface area contributed by atoms with Gasteiger partial charge in [-0.05, 0) is 26.7 Å². The standard InChI is InChI=1S/C12H19N3O2/c1-11(2,8-13)15-10(17)12(9(14)16)6-4-3-5-7-12/h3-7H2,1-2H3,(H2,14,16)(H,15,17). The zero-order valence-electron chi connectivity index (χ0n) is 10.4. The maximum absolute atomic E-state index is 12.2. The Labute approximate surface area is 101 Å². The molecule has 0 aromatic carbocycles. The van der Waals surface area contributed by atoms with Crippen LogP contribution >= 0.6 is 0 Å². The number of nitrogens with one attached hydrogen (secondary N) is 1. The lowest BCUT2D eigenvalue weighted by Gasteiger charge is -2.34. The third-order valence-corrected chi connectivity index (χ3v) is 3.32. The number of hydrogen-bond acceptors (Lipinski definition) is 3. The van der Waals surface area contributed by atoms with Crippen LogP contribution in [0.2, 0.25) is 0 Å². The molecule has 17 heavy (non-hydrogen) atoms. The smallest absolute Gasteiger partial charge is 0.236 e. The van der Waals surface area contributed by atoms with Gasteiger partial charge in [0.2, 0.25) is 11.8 Å². The Morgan fingerprint density at radius 2 is 1.82 bits per heavy atom. The molecule has 1 saturated carbocycles. The molecule has 1 fully saturated rings. The Kier molecular flexibility index (Phi) is 3.76. The van der Waals surface area contributed by atoms with Crippen LogP contribution in [0.5, 0.6) is 0 Å². The molecule has 2 amide bonds. The van der Waals surface area contributed by atoms with E-state index in [4.69, 9.17) is 11.0 Å². The number of nitrogens with two attached hydrogens (primary N) is 1. The number of carbonyl (C=O) groups is 2. The fourth-order valence-electron chi connectivity index (χ4n) is 2.17. The number of nitrogens with zero attached hydrogens (tertiary/aromatic N) is 1. The molecule has 0 heterocycles. The molecule has 0 radical (unpaired) electrons. The maximum Gasteiger partial charge on any atom is 0.236 e. The number of nitriles is 1. The van der Waals surface area contributed by atoms with Crippen molar-refractivity contribution >= 4 is 11.8 Å². The fraction of sp³-hybridized carbons (Fsp3) is 0.750. The van der Waals surface area contributed by atoms with Crippen molar-refractivity contribution in [2.24, 2.45) is 11.1 Å². The second kappa shape index (κ2) is 4.74. The van der Waals surface area contributed by atoms with Gasteiger partial charge in [0.25, 0.3) is 0 Å². The van der Waals surface area contributed by atoms with Crippen LogP contribution in [0.15, 0.2) is 0 Å². The molecular formula is C12H19N3O2. The summed E-state index contributed by atoms with van der Waals surface area (Å²) < 4.78 is 0. The number of hydrogen-bond donors (Lipinski definition) is 2. The average Bonchev–Trinajstić information content (AvgIpc) is 2.29. The lowest BCUT2D eigenvalue weighted by molar-refractivity contribution is -0.144. The zero-order chi connectivity index (χ0) is 13.1. The van der Waals surface area contributed by atoms with Crippen LogP contribution in [0, 0.1) is 16.7 Å². The Balaban J connectivity index is 2.89.